The Bertz CT molecular complexity index is 685. The number of thioether (sulfide) groups is 1. The van der Waals surface area contributed by atoms with E-state index in [1.807, 2.05) is 44.2 Å². The van der Waals surface area contributed by atoms with E-state index >= 15 is 0 Å². The Hall–Kier alpha value is -2.27. The molecule has 0 saturated heterocycles. The van der Waals surface area contributed by atoms with Crippen LogP contribution in [0.5, 0.6) is 0 Å². The van der Waals surface area contributed by atoms with E-state index in [4.69, 9.17) is 0 Å². The molecule has 2 aromatic rings. The molecule has 2 amide bonds. The van der Waals surface area contributed by atoms with Gasteiger partial charge in [-0.1, -0.05) is 24.3 Å². The molecule has 126 valence electrons. The van der Waals surface area contributed by atoms with Gasteiger partial charge in [0.2, 0.25) is 5.91 Å². The zero-order valence-electron chi connectivity index (χ0n) is 14.0. The highest BCUT2D eigenvalue weighted by molar-refractivity contribution is 8.00. The first-order valence-electron chi connectivity index (χ1n) is 8.01. The molecule has 24 heavy (non-hydrogen) atoms. The lowest BCUT2D eigenvalue weighted by molar-refractivity contribution is -0.113. The van der Waals surface area contributed by atoms with Gasteiger partial charge >= 0.3 is 0 Å². The standard InChI is InChI=1S/C19H22N2O2S/c1-3-21(4-2)19(23)15-9-8-10-16(13-15)20-18(22)14-24-17-11-6-5-7-12-17/h5-13H,3-4,14H2,1-2H3,(H,20,22). The molecule has 2 rings (SSSR count). The molecule has 0 aliphatic rings. The molecule has 0 radical (unpaired) electrons. The summed E-state index contributed by atoms with van der Waals surface area (Å²) in [5.41, 5.74) is 1.24. The van der Waals surface area contributed by atoms with Gasteiger partial charge in [0.15, 0.2) is 0 Å². The maximum Gasteiger partial charge on any atom is 0.253 e. The van der Waals surface area contributed by atoms with Gasteiger partial charge in [0, 0.05) is 29.2 Å². The van der Waals surface area contributed by atoms with Crippen LogP contribution in [0.4, 0.5) is 5.69 Å². The summed E-state index contributed by atoms with van der Waals surface area (Å²) in [4.78, 5) is 27.3. The monoisotopic (exact) mass is 342 g/mol. The van der Waals surface area contributed by atoms with Gasteiger partial charge in [0.1, 0.15) is 0 Å². The molecule has 0 saturated carbocycles. The predicted molar refractivity (Wildman–Crippen MR) is 99.5 cm³/mol. The minimum absolute atomic E-state index is 0.0187. The zero-order valence-corrected chi connectivity index (χ0v) is 14.8. The quantitative estimate of drug-likeness (QED) is 0.777. The van der Waals surface area contributed by atoms with Crippen molar-refractivity contribution in [3.63, 3.8) is 0 Å². The van der Waals surface area contributed by atoms with Crippen LogP contribution in [-0.2, 0) is 4.79 Å². The minimum Gasteiger partial charge on any atom is -0.339 e. The van der Waals surface area contributed by atoms with Crippen LogP contribution >= 0.6 is 11.8 Å². The van der Waals surface area contributed by atoms with Crippen LogP contribution < -0.4 is 5.32 Å². The summed E-state index contributed by atoms with van der Waals surface area (Å²) in [5, 5.41) is 2.85. The second-order valence-corrected chi connectivity index (χ2v) is 6.26. The van der Waals surface area contributed by atoms with Gasteiger partial charge < -0.3 is 10.2 Å². The van der Waals surface area contributed by atoms with Crippen LogP contribution in [0.25, 0.3) is 0 Å². The zero-order chi connectivity index (χ0) is 17.4. The third-order valence-corrected chi connectivity index (χ3v) is 4.57. The lowest BCUT2D eigenvalue weighted by Gasteiger charge is -2.19. The van der Waals surface area contributed by atoms with Crippen LogP contribution in [0.15, 0.2) is 59.5 Å². The molecule has 0 atom stereocenters. The van der Waals surface area contributed by atoms with E-state index in [-0.39, 0.29) is 11.8 Å². The predicted octanol–water partition coefficient (Wildman–Crippen LogP) is 3.90. The van der Waals surface area contributed by atoms with Crippen LogP contribution in [0.2, 0.25) is 0 Å². The molecule has 0 aliphatic heterocycles. The van der Waals surface area contributed by atoms with Gasteiger partial charge in [0.25, 0.3) is 5.91 Å². The summed E-state index contributed by atoms with van der Waals surface area (Å²) in [6.45, 7) is 5.24. The smallest absolute Gasteiger partial charge is 0.253 e. The SMILES string of the molecule is CCN(CC)C(=O)c1cccc(NC(=O)CSc2ccccc2)c1. The Kier molecular flexibility index (Phi) is 6.88. The molecule has 2 aromatic carbocycles. The van der Waals surface area contributed by atoms with Crippen molar-refractivity contribution in [2.45, 2.75) is 18.7 Å². The normalized spacial score (nSPS) is 10.2. The number of hydrogen-bond donors (Lipinski definition) is 1. The Morgan fingerprint density at radius 1 is 1.00 bits per heavy atom. The Morgan fingerprint density at radius 2 is 1.71 bits per heavy atom. The first kappa shape index (κ1) is 18.1. The minimum atomic E-state index is -0.0868. The second kappa shape index (κ2) is 9.13. The molecule has 0 aliphatic carbocycles. The summed E-state index contributed by atoms with van der Waals surface area (Å²) >= 11 is 1.48. The highest BCUT2D eigenvalue weighted by Crippen LogP contribution is 2.18. The summed E-state index contributed by atoms with van der Waals surface area (Å²) < 4.78 is 0. The van der Waals surface area contributed by atoms with Gasteiger partial charge in [-0.2, -0.15) is 0 Å². The van der Waals surface area contributed by atoms with Crippen molar-refractivity contribution < 1.29 is 9.59 Å². The molecule has 1 N–H and O–H groups in total. The van der Waals surface area contributed by atoms with E-state index < -0.39 is 0 Å². The molecule has 0 heterocycles. The number of hydrogen-bond acceptors (Lipinski definition) is 3. The van der Waals surface area contributed by atoms with E-state index in [2.05, 4.69) is 5.32 Å². The first-order chi connectivity index (χ1) is 11.6. The highest BCUT2D eigenvalue weighted by Gasteiger charge is 2.13. The summed E-state index contributed by atoms with van der Waals surface area (Å²) in [5.74, 6) is 0.226. The number of rotatable bonds is 7. The molecule has 0 fully saturated rings. The van der Waals surface area contributed by atoms with Crippen LogP contribution in [-0.4, -0.2) is 35.6 Å². The maximum atomic E-state index is 12.4. The molecule has 0 bridgehead atoms. The van der Waals surface area contributed by atoms with E-state index in [1.165, 1.54) is 11.8 Å². The van der Waals surface area contributed by atoms with Crippen LogP contribution in [0.1, 0.15) is 24.2 Å². The first-order valence-corrected chi connectivity index (χ1v) is 8.99. The van der Waals surface area contributed by atoms with E-state index in [9.17, 15) is 9.59 Å². The third kappa shape index (κ3) is 5.13. The van der Waals surface area contributed by atoms with Gasteiger partial charge in [-0.25, -0.2) is 0 Å². The fourth-order valence-electron chi connectivity index (χ4n) is 2.29. The average molecular weight is 342 g/mol. The van der Waals surface area contributed by atoms with Crippen molar-refractivity contribution >= 4 is 29.3 Å². The largest absolute Gasteiger partial charge is 0.339 e. The highest BCUT2D eigenvalue weighted by atomic mass is 32.2. The van der Waals surface area contributed by atoms with Crippen LogP contribution in [0, 0.1) is 0 Å². The number of benzene rings is 2. The van der Waals surface area contributed by atoms with Crippen molar-refractivity contribution in [3.8, 4) is 0 Å². The number of carbonyl (C=O) groups is 2. The van der Waals surface area contributed by atoms with Crippen molar-refractivity contribution in [2.24, 2.45) is 0 Å². The number of carbonyl (C=O) groups excluding carboxylic acids is 2. The lowest BCUT2D eigenvalue weighted by Crippen LogP contribution is -2.30. The van der Waals surface area contributed by atoms with Crippen molar-refractivity contribution in [2.75, 3.05) is 24.2 Å². The Morgan fingerprint density at radius 3 is 2.38 bits per heavy atom. The fourth-order valence-corrected chi connectivity index (χ4v) is 3.01. The van der Waals surface area contributed by atoms with E-state index in [0.29, 0.717) is 30.1 Å². The molecular weight excluding hydrogens is 320 g/mol. The molecule has 0 spiro atoms. The molecule has 0 unspecified atom stereocenters. The van der Waals surface area contributed by atoms with Crippen LogP contribution in [0.3, 0.4) is 0 Å². The molecular formula is C19H22N2O2S. The Balaban J connectivity index is 1.96. The van der Waals surface area contributed by atoms with Gasteiger partial charge in [0.05, 0.1) is 5.75 Å². The fraction of sp³-hybridized carbons (Fsp3) is 0.263. The third-order valence-electron chi connectivity index (χ3n) is 3.56. The molecule has 4 nitrogen and oxygen atoms in total. The molecule has 0 aromatic heterocycles. The van der Waals surface area contributed by atoms with Gasteiger partial charge in [-0.3, -0.25) is 9.59 Å². The van der Waals surface area contributed by atoms with Gasteiger partial charge in [-0.15, -0.1) is 11.8 Å². The lowest BCUT2D eigenvalue weighted by atomic mass is 10.1. The van der Waals surface area contributed by atoms with Crippen molar-refractivity contribution in [1.29, 1.82) is 0 Å². The Labute approximate surface area is 147 Å². The second-order valence-electron chi connectivity index (χ2n) is 5.21. The molecule has 5 heteroatoms. The summed E-state index contributed by atoms with van der Waals surface area (Å²) in [6, 6.07) is 16.9. The number of amides is 2. The van der Waals surface area contributed by atoms with Crippen molar-refractivity contribution in [1.82, 2.24) is 4.90 Å². The van der Waals surface area contributed by atoms with Gasteiger partial charge in [-0.05, 0) is 44.2 Å². The van der Waals surface area contributed by atoms with E-state index in [1.54, 1.807) is 29.2 Å². The van der Waals surface area contributed by atoms with Crippen molar-refractivity contribution in [3.05, 3.63) is 60.2 Å². The maximum absolute atomic E-state index is 12.4. The summed E-state index contributed by atoms with van der Waals surface area (Å²) in [6.07, 6.45) is 0. The van der Waals surface area contributed by atoms with E-state index in [0.717, 1.165) is 4.90 Å². The average Bonchev–Trinajstić information content (AvgIpc) is 2.62. The topological polar surface area (TPSA) is 49.4 Å². The summed E-state index contributed by atoms with van der Waals surface area (Å²) in [7, 11) is 0. The number of nitrogens with zero attached hydrogens (tertiary/aromatic N) is 1. The number of anilines is 1. The number of nitrogens with one attached hydrogen (secondary N) is 1.